The molecule has 6 heteroatoms. The zero-order chi connectivity index (χ0) is 12.7. The third kappa shape index (κ3) is 1.58. The lowest BCUT2D eigenvalue weighted by Gasteiger charge is -2.04. The van der Waals surface area contributed by atoms with Crippen molar-refractivity contribution in [2.45, 2.75) is 13.8 Å². The van der Waals surface area contributed by atoms with Crippen LogP contribution in [0.2, 0.25) is 0 Å². The molecule has 18 heavy (non-hydrogen) atoms. The number of anilines is 1. The van der Waals surface area contributed by atoms with E-state index in [4.69, 9.17) is 5.73 Å². The average Bonchev–Trinajstić information content (AvgIpc) is 2.74. The first-order chi connectivity index (χ1) is 8.65. The Morgan fingerprint density at radius 2 is 2.00 bits per heavy atom. The Labute approximate surface area is 104 Å². The van der Waals surface area contributed by atoms with Crippen molar-refractivity contribution in [2.24, 2.45) is 0 Å². The summed E-state index contributed by atoms with van der Waals surface area (Å²) < 4.78 is 1.90. The highest BCUT2D eigenvalue weighted by molar-refractivity contribution is 5.59. The fourth-order valence-corrected chi connectivity index (χ4v) is 1.95. The first kappa shape index (κ1) is 10.6. The standard InChI is InChI=1S/C12H12N6/c1-7-5-8(2)18-11(16-17-12(18)15-7)9-3-4-10(13)14-6-9/h3-6H,1-2H3,(H2,13,14). The molecule has 3 rings (SSSR count). The molecular weight excluding hydrogens is 228 g/mol. The fourth-order valence-electron chi connectivity index (χ4n) is 1.95. The molecule has 2 N–H and O–H groups in total. The lowest BCUT2D eigenvalue weighted by Crippen LogP contribution is -1.99. The molecule has 90 valence electrons. The highest BCUT2D eigenvalue weighted by Gasteiger charge is 2.11. The van der Waals surface area contributed by atoms with E-state index >= 15 is 0 Å². The Bertz CT molecular complexity index is 713. The number of nitrogen functional groups attached to an aromatic ring is 1. The molecule has 0 aromatic carbocycles. The Morgan fingerprint density at radius 3 is 2.72 bits per heavy atom. The number of nitrogens with zero attached hydrogens (tertiary/aromatic N) is 5. The van der Waals surface area contributed by atoms with Crippen molar-refractivity contribution in [3.05, 3.63) is 35.8 Å². The monoisotopic (exact) mass is 240 g/mol. The number of aryl methyl sites for hydroxylation is 2. The maximum atomic E-state index is 5.58. The maximum absolute atomic E-state index is 5.58. The molecule has 0 aliphatic carbocycles. The van der Waals surface area contributed by atoms with Crippen LogP contribution >= 0.6 is 0 Å². The van der Waals surface area contributed by atoms with E-state index in [2.05, 4.69) is 20.2 Å². The molecule has 0 amide bonds. The van der Waals surface area contributed by atoms with Crippen molar-refractivity contribution in [1.29, 1.82) is 0 Å². The second-order valence-corrected chi connectivity index (χ2v) is 4.17. The second-order valence-electron chi connectivity index (χ2n) is 4.17. The molecule has 0 saturated carbocycles. The summed E-state index contributed by atoms with van der Waals surface area (Å²) in [5, 5.41) is 8.25. The summed E-state index contributed by atoms with van der Waals surface area (Å²) in [5.74, 6) is 1.81. The molecule has 0 radical (unpaired) electrons. The Morgan fingerprint density at radius 1 is 1.17 bits per heavy atom. The summed E-state index contributed by atoms with van der Waals surface area (Å²) in [7, 11) is 0. The number of hydrogen-bond donors (Lipinski definition) is 1. The van der Waals surface area contributed by atoms with E-state index < -0.39 is 0 Å². The Hall–Kier alpha value is -2.50. The molecular formula is C12H12N6. The predicted molar refractivity (Wildman–Crippen MR) is 67.9 cm³/mol. The molecule has 0 aliphatic rings. The van der Waals surface area contributed by atoms with E-state index in [1.807, 2.05) is 30.4 Å². The van der Waals surface area contributed by atoms with Crippen molar-refractivity contribution in [3.8, 4) is 11.4 Å². The van der Waals surface area contributed by atoms with Gasteiger partial charge in [0.15, 0.2) is 5.82 Å². The van der Waals surface area contributed by atoms with Gasteiger partial charge in [-0.05, 0) is 32.0 Å². The number of hydrogen-bond acceptors (Lipinski definition) is 5. The zero-order valence-electron chi connectivity index (χ0n) is 10.1. The summed E-state index contributed by atoms with van der Waals surface area (Å²) in [5.41, 5.74) is 8.40. The fraction of sp³-hybridized carbons (Fsp3) is 0.167. The molecule has 0 spiro atoms. The average molecular weight is 240 g/mol. The topological polar surface area (TPSA) is 82.0 Å². The van der Waals surface area contributed by atoms with Crippen LogP contribution in [0.5, 0.6) is 0 Å². The Kier molecular flexibility index (Phi) is 2.22. The Balaban J connectivity index is 2.27. The lowest BCUT2D eigenvalue weighted by molar-refractivity contribution is 1.02. The molecule has 6 nitrogen and oxygen atoms in total. The quantitative estimate of drug-likeness (QED) is 0.695. The molecule has 0 aliphatic heterocycles. The second kappa shape index (κ2) is 3.76. The molecule has 3 heterocycles. The van der Waals surface area contributed by atoms with E-state index in [0.29, 0.717) is 11.6 Å². The van der Waals surface area contributed by atoms with Crippen LogP contribution in [0.25, 0.3) is 17.2 Å². The smallest absolute Gasteiger partial charge is 0.255 e. The van der Waals surface area contributed by atoms with Crippen LogP contribution in [0, 0.1) is 13.8 Å². The number of fused-ring (bicyclic) bond motifs is 1. The van der Waals surface area contributed by atoms with E-state index in [-0.39, 0.29) is 0 Å². The van der Waals surface area contributed by atoms with Gasteiger partial charge in [-0.1, -0.05) is 0 Å². The van der Waals surface area contributed by atoms with Crippen LogP contribution in [0.15, 0.2) is 24.4 Å². The van der Waals surface area contributed by atoms with E-state index in [1.54, 1.807) is 12.3 Å². The van der Waals surface area contributed by atoms with E-state index in [1.165, 1.54) is 0 Å². The third-order valence-corrected chi connectivity index (χ3v) is 2.74. The first-order valence-corrected chi connectivity index (χ1v) is 5.56. The number of nitrogens with two attached hydrogens (primary N) is 1. The van der Waals surface area contributed by atoms with Gasteiger partial charge in [0.25, 0.3) is 5.78 Å². The first-order valence-electron chi connectivity index (χ1n) is 5.56. The third-order valence-electron chi connectivity index (χ3n) is 2.74. The molecule has 0 unspecified atom stereocenters. The van der Waals surface area contributed by atoms with Gasteiger partial charge in [0, 0.05) is 23.1 Å². The molecule has 0 bridgehead atoms. The van der Waals surface area contributed by atoms with E-state index in [9.17, 15) is 0 Å². The van der Waals surface area contributed by atoms with Gasteiger partial charge < -0.3 is 5.73 Å². The summed E-state index contributed by atoms with van der Waals surface area (Å²) in [6.45, 7) is 3.94. The van der Waals surface area contributed by atoms with Crippen LogP contribution in [0.4, 0.5) is 5.82 Å². The minimum absolute atomic E-state index is 0.485. The van der Waals surface area contributed by atoms with Gasteiger partial charge in [0.1, 0.15) is 5.82 Å². The predicted octanol–water partition coefficient (Wildman–Crippen LogP) is 1.39. The van der Waals surface area contributed by atoms with Crippen LogP contribution in [-0.2, 0) is 0 Å². The SMILES string of the molecule is Cc1cc(C)n2c(-c3ccc(N)nc3)nnc2n1. The largest absolute Gasteiger partial charge is 0.384 e. The van der Waals surface area contributed by atoms with Crippen molar-refractivity contribution in [1.82, 2.24) is 24.6 Å². The number of rotatable bonds is 1. The van der Waals surface area contributed by atoms with Gasteiger partial charge in [0.2, 0.25) is 0 Å². The van der Waals surface area contributed by atoms with Crippen LogP contribution in [-0.4, -0.2) is 24.6 Å². The van der Waals surface area contributed by atoms with Crippen molar-refractivity contribution >= 4 is 11.6 Å². The maximum Gasteiger partial charge on any atom is 0.255 e. The molecule has 3 aromatic rings. The summed E-state index contributed by atoms with van der Waals surface area (Å²) >= 11 is 0. The van der Waals surface area contributed by atoms with Gasteiger partial charge in [-0.3, -0.25) is 4.40 Å². The number of pyridine rings is 1. The summed E-state index contributed by atoms with van der Waals surface area (Å²) in [6.07, 6.45) is 1.69. The van der Waals surface area contributed by atoms with Crippen LogP contribution in [0.3, 0.4) is 0 Å². The van der Waals surface area contributed by atoms with Gasteiger partial charge in [-0.2, -0.15) is 0 Å². The summed E-state index contributed by atoms with van der Waals surface area (Å²) in [6, 6.07) is 5.61. The van der Waals surface area contributed by atoms with Crippen LogP contribution < -0.4 is 5.73 Å². The van der Waals surface area contributed by atoms with Gasteiger partial charge >= 0.3 is 0 Å². The lowest BCUT2D eigenvalue weighted by atomic mass is 10.2. The molecule has 0 atom stereocenters. The van der Waals surface area contributed by atoms with Crippen LogP contribution in [0.1, 0.15) is 11.4 Å². The van der Waals surface area contributed by atoms with Gasteiger partial charge in [-0.15, -0.1) is 10.2 Å². The van der Waals surface area contributed by atoms with Crippen molar-refractivity contribution < 1.29 is 0 Å². The molecule has 0 saturated heterocycles. The number of aromatic nitrogens is 5. The van der Waals surface area contributed by atoms with E-state index in [0.717, 1.165) is 22.8 Å². The normalized spacial score (nSPS) is 11.0. The molecule has 3 aromatic heterocycles. The van der Waals surface area contributed by atoms with Crippen molar-refractivity contribution in [2.75, 3.05) is 5.73 Å². The van der Waals surface area contributed by atoms with Crippen molar-refractivity contribution in [3.63, 3.8) is 0 Å². The highest BCUT2D eigenvalue weighted by Crippen LogP contribution is 2.19. The van der Waals surface area contributed by atoms with Gasteiger partial charge in [0.05, 0.1) is 0 Å². The summed E-state index contributed by atoms with van der Waals surface area (Å²) in [4.78, 5) is 8.41. The highest BCUT2D eigenvalue weighted by atomic mass is 15.3. The zero-order valence-corrected chi connectivity index (χ0v) is 10.1. The minimum atomic E-state index is 0.485. The van der Waals surface area contributed by atoms with Gasteiger partial charge in [-0.25, -0.2) is 9.97 Å². The minimum Gasteiger partial charge on any atom is -0.384 e. The molecule has 0 fully saturated rings.